The lowest BCUT2D eigenvalue weighted by molar-refractivity contribution is 0.112. The molecule has 2 rings (SSSR count). The molecule has 3 nitrogen and oxygen atoms in total. The van der Waals surface area contributed by atoms with Gasteiger partial charge in [0.05, 0.1) is 14.2 Å². The quantitative estimate of drug-likeness (QED) is 0.793. The van der Waals surface area contributed by atoms with Crippen molar-refractivity contribution >= 4 is 6.29 Å². The number of ether oxygens (including phenoxy) is 2. The van der Waals surface area contributed by atoms with E-state index in [0.717, 1.165) is 34.3 Å². The van der Waals surface area contributed by atoms with E-state index in [2.05, 4.69) is 0 Å². The van der Waals surface area contributed by atoms with Crippen molar-refractivity contribution in [3.63, 3.8) is 0 Å². The summed E-state index contributed by atoms with van der Waals surface area (Å²) in [5.74, 6) is 1.53. The van der Waals surface area contributed by atoms with Crippen LogP contribution in [0.1, 0.15) is 21.5 Å². The van der Waals surface area contributed by atoms with E-state index in [1.165, 1.54) is 0 Å². The van der Waals surface area contributed by atoms with Crippen LogP contribution < -0.4 is 9.47 Å². The molecule has 0 aromatic heterocycles. The maximum atomic E-state index is 11.3. The Hall–Kier alpha value is -2.29. The van der Waals surface area contributed by atoms with Crippen LogP contribution in [0.4, 0.5) is 0 Å². The molecular weight excluding hydrogens is 252 g/mol. The van der Waals surface area contributed by atoms with E-state index < -0.39 is 0 Å². The van der Waals surface area contributed by atoms with Gasteiger partial charge in [-0.15, -0.1) is 0 Å². The average Bonchev–Trinajstić information content (AvgIpc) is 2.48. The summed E-state index contributed by atoms with van der Waals surface area (Å²) in [6.45, 7) is 4.00. The highest BCUT2D eigenvalue weighted by molar-refractivity contribution is 5.89. The minimum Gasteiger partial charge on any atom is -0.497 e. The molecule has 0 saturated heterocycles. The molecule has 0 unspecified atom stereocenters. The van der Waals surface area contributed by atoms with E-state index >= 15 is 0 Å². The third-order valence-electron chi connectivity index (χ3n) is 3.42. The Bertz CT molecular complexity index is 645. The normalized spacial score (nSPS) is 10.2. The molecule has 2 aromatic carbocycles. The Morgan fingerprint density at radius 1 is 0.900 bits per heavy atom. The Morgan fingerprint density at radius 2 is 1.65 bits per heavy atom. The van der Waals surface area contributed by atoms with Gasteiger partial charge in [-0.2, -0.15) is 0 Å². The Morgan fingerprint density at radius 3 is 2.25 bits per heavy atom. The van der Waals surface area contributed by atoms with Crippen molar-refractivity contribution in [1.29, 1.82) is 0 Å². The van der Waals surface area contributed by atoms with Crippen LogP contribution in [0.5, 0.6) is 11.5 Å². The van der Waals surface area contributed by atoms with Crippen LogP contribution in [0.15, 0.2) is 30.3 Å². The zero-order chi connectivity index (χ0) is 14.7. The second kappa shape index (κ2) is 5.78. The summed E-state index contributed by atoms with van der Waals surface area (Å²) in [7, 11) is 3.25. The largest absolute Gasteiger partial charge is 0.497 e. The first kappa shape index (κ1) is 14.1. The molecule has 0 fully saturated rings. The maximum absolute atomic E-state index is 11.3. The second-order valence-electron chi connectivity index (χ2n) is 4.71. The van der Waals surface area contributed by atoms with Gasteiger partial charge in [0.25, 0.3) is 0 Å². The summed E-state index contributed by atoms with van der Waals surface area (Å²) in [6, 6.07) is 9.56. The second-order valence-corrected chi connectivity index (χ2v) is 4.71. The van der Waals surface area contributed by atoms with Gasteiger partial charge in [-0.3, -0.25) is 4.79 Å². The number of rotatable bonds is 4. The highest BCUT2D eigenvalue weighted by Gasteiger charge is 2.11. The Balaban J connectivity index is 2.62. The van der Waals surface area contributed by atoms with Crippen LogP contribution in [0.25, 0.3) is 11.1 Å². The van der Waals surface area contributed by atoms with E-state index in [4.69, 9.17) is 9.47 Å². The molecule has 0 bridgehead atoms. The zero-order valence-electron chi connectivity index (χ0n) is 12.2. The minimum absolute atomic E-state index is 0.622. The summed E-state index contributed by atoms with van der Waals surface area (Å²) in [4.78, 5) is 11.3. The number of hydrogen-bond donors (Lipinski definition) is 0. The van der Waals surface area contributed by atoms with Crippen molar-refractivity contribution in [2.75, 3.05) is 14.2 Å². The molecule has 2 aromatic rings. The minimum atomic E-state index is 0.622. The number of carbonyl (C=O) groups excluding carboxylic acids is 1. The number of methoxy groups -OCH3 is 2. The van der Waals surface area contributed by atoms with Gasteiger partial charge in [-0.25, -0.2) is 0 Å². The van der Waals surface area contributed by atoms with Gasteiger partial charge in [-0.05, 0) is 66.4 Å². The van der Waals surface area contributed by atoms with Crippen molar-refractivity contribution in [2.24, 2.45) is 0 Å². The molecular formula is C17H18O3. The summed E-state index contributed by atoms with van der Waals surface area (Å²) in [6.07, 6.45) is 0.858. The smallest absolute Gasteiger partial charge is 0.150 e. The summed E-state index contributed by atoms with van der Waals surface area (Å²) < 4.78 is 10.5. The van der Waals surface area contributed by atoms with Gasteiger partial charge in [0.1, 0.15) is 11.5 Å². The molecule has 0 aliphatic carbocycles. The molecule has 0 amide bonds. The monoisotopic (exact) mass is 270 g/mol. The summed E-state index contributed by atoms with van der Waals surface area (Å²) in [5, 5.41) is 0. The van der Waals surface area contributed by atoms with Crippen LogP contribution in [-0.4, -0.2) is 20.5 Å². The van der Waals surface area contributed by atoms with Gasteiger partial charge in [-0.1, -0.05) is 0 Å². The number of benzene rings is 2. The van der Waals surface area contributed by atoms with Crippen LogP contribution >= 0.6 is 0 Å². The van der Waals surface area contributed by atoms with Crippen molar-refractivity contribution in [3.05, 3.63) is 47.0 Å². The van der Waals surface area contributed by atoms with Crippen molar-refractivity contribution in [3.8, 4) is 22.6 Å². The van der Waals surface area contributed by atoms with Gasteiger partial charge < -0.3 is 9.47 Å². The molecule has 20 heavy (non-hydrogen) atoms. The van der Waals surface area contributed by atoms with Crippen LogP contribution in [0.2, 0.25) is 0 Å². The third-order valence-corrected chi connectivity index (χ3v) is 3.42. The predicted molar refractivity (Wildman–Crippen MR) is 79.8 cm³/mol. The molecule has 0 aliphatic rings. The first-order valence-corrected chi connectivity index (χ1v) is 6.39. The fourth-order valence-corrected chi connectivity index (χ4v) is 2.31. The van der Waals surface area contributed by atoms with Gasteiger partial charge >= 0.3 is 0 Å². The molecule has 0 atom stereocenters. The lowest BCUT2D eigenvalue weighted by Crippen LogP contribution is -1.95. The highest BCUT2D eigenvalue weighted by atomic mass is 16.5. The molecule has 0 spiro atoms. The maximum Gasteiger partial charge on any atom is 0.150 e. The molecule has 0 radical (unpaired) electrons. The fourth-order valence-electron chi connectivity index (χ4n) is 2.31. The number of aryl methyl sites for hydroxylation is 2. The van der Waals surface area contributed by atoms with Crippen LogP contribution in [0, 0.1) is 13.8 Å². The lowest BCUT2D eigenvalue weighted by Gasteiger charge is -2.13. The lowest BCUT2D eigenvalue weighted by atomic mass is 9.94. The van der Waals surface area contributed by atoms with E-state index in [9.17, 15) is 4.79 Å². The molecule has 104 valence electrons. The predicted octanol–water partition coefficient (Wildman–Crippen LogP) is 3.80. The van der Waals surface area contributed by atoms with E-state index in [1.807, 2.05) is 38.1 Å². The molecule has 0 aliphatic heterocycles. The Kier molecular flexibility index (Phi) is 4.08. The van der Waals surface area contributed by atoms with Gasteiger partial charge in [0.15, 0.2) is 6.29 Å². The Labute approximate surface area is 119 Å². The van der Waals surface area contributed by atoms with Crippen molar-refractivity contribution < 1.29 is 14.3 Å². The van der Waals surface area contributed by atoms with Crippen molar-refractivity contribution in [1.82, 2.24) is 0 Å². The van der Waals surface area contributed by atoms with E-state index in [-0.39, 0.29) is 0 Å². The molecule has 0 heterocycles. The standard InChI is InChI=1S/C17H18O3/c1-11-8-17(20-4)12(2)7-16(11)15-6-5-14(19-3)9-13(15)10-18/h5-10H,1-4H3. The van der Waals surface area contributed by atoms with Gasteiger partial charge in [0, 0.05) is 5.56 Å². The van der Waals surface area contributed by atoms with E-state index in [0.29, 0.717) is 11.3 Å². The molecule has 0 N–H and O–H groups in total. The van der Waals surface area contributed by atoms with Crippen LogP contribution in [-0.2, 0) is 0 Å². The molecule has 3 heteroatoms. The van der Waals surface area contributed by atoms with Crippen molar-refractivity contribution in [2.45, 2.75) is 13.8 Å². The summed E-state index contributed by atoms with van der Waals surface area (Å²) >= 11 is 0. The number of carbonyl (C=O) groups is 1. The molecule has 0 saturated carbocycles. The third kappa shape index (κ3) is 2.52. The first-order chi connectivity index (χ1) is 9.60. The zero-order valence-corrected chi connectivity index (χ0v) is 12.2. The topological polar surface area (TPSA) is 35.5 Å². The first-order valence-electron chi connectivity index (χ1n) is 6.39. The number of hydrogen-bond acceptors (Lipinski definition) is 3. The SMILES string of the molecule is COc1ccc(-c2cc(C)c(OC)cc2C)c(C=O)c1. The number of aldehydes is 1. The summed E-state index contributed by atoms with van der Waals surface area (Å²) in [5.41, 5.74) is 4.68. The average molecular weight is 270 g/mol. The van der Waals surface area contributed by atoms with Crippen LogP contribution in [0.3, 0.4) is 0 Å². The van der Waals surface area contributed by atoms with E-state index in [1.54, 1.807) is 20.3 Å². The van der Waals surface area contributed by atoms with Gasteiger partial charge in [0.2, 0.25) is 0 Å². The highest BCUT2D eigenvalue weighted by Crippen LogP contribution is 2.33. The fraction of sp³-hybridized carbons (Fsp3) is 0.235.